The first kappa shape index (κ1) is 10.9. The molecule has 0 spiro atoms. The lowest BCUT2D eigenvalue weighted by molar-refractivity contribution is 0.152. The zero-order valence-electron chi connectivity index (χ0n) is 8.95. The van der Waals surface area contributed by atoms with Gasteiger partial charge in [-0.1, -0.05) is 0 Å². The molecule has 84 valence electrons. The second-order valence-electron chi connectivity index (χ2n) is 3.73. The minimum absolute atomic E-state index is 0.0924. The first-order valence-electron chi connectivity index (χ1n) is 5.33. The average molecular weight is 220 g/mol. The minimum atomic E-state index is -0.454. The number of benzene rings is 1. The Morgan fingerprint density at radius 3 is 2.94 bits per heavy atom. The molecule has 0 atom stereocenters. The highest BCUT2D eigenvalue weighted by atomic mass is 19.1. The summed E-state index contributed by atoms with van der Waals surface area (Å²) in [6.07, 6.45) is 0.946. The van der Waals surface area contributed by atoms with E-state index in [9.17, 15) is 4.39 Å². The van der Waals surface area contributed by atoms with Gasteiger partial charge in [0.15, 0.2) is 0 Å². The number of halogens is 1. The van der Waals surface area contributed by atoms with E-state index in [0.717, 1.165) is 31.8 Å². The van der Waals surface area contributed by atoms with Crippen molar-refractivity contribution in [2.45, 2.75) is 6.42 Å². The van der Waals surface area contributed by atoms with Crippen LogP contribution in [0.5, 0.6) is 0 Å². The zero-order chi connectivity index (χ0) is 11.4. The predicted octanol–water partition coefficient (Wildman–Crippen LogP) is 1.92. The highest BCUT2D eigenvalue weighted by Crippen LogP contribution is 2.19. The maximum atomic E-state index is 13.4. The fourth-order valence-corrected chi connectivity index (χ4v) is 1.80. The summed E-state index contributed by atoms with van der Waals surface area (Å²) in [6.45, 7) is 3.06. The summed E-state index contributed by atoms with van der Waals surface area (Å²) in [5.74, 6) is -0.454. The molecule has 16 heavy (non-hydrogen) atoms. The van der Waals surface area contributed by atoms with Gasteiger partial charge in [-0.2, -0.15) is 5.26 Å². The van der Waals surface area contributed by atoms with Gasteiger partial charge in [-0.15, -0.1) is 0 Å². The third-order valence-corrected chi connectivity index (χ3v) is 2.66. The molecular formula is C12H13FN2O. The number of anilines is 1. The fraction of sp³-hybridized carbons (Fsp3) is 0.417. The van der Waals surface area contributed by atoms with E-state index in [0.29, 0.717) is 6.61 Å². The van der Waals surface area contributed by atoms with Gasteiger partial charge in [-0.05, 0) is 24.6 Å². The van der Waals surface area contributed by atoms with Crippen LogP contribution in [-0.4, -0.2) is 26.3 Å². The second-order valence-corrected chi connectivity index (χ2v) is 3.73. The molecule has 0 N–H and O–H groups in total. The molecule has 1 heterocycles. The van der Waals surface area contributed by atoms with Crippen molar-refractivity contribution in [1.82, 2.24) is 0 Å². The van der Waals surface area contributed by atoms with Crippen LogP contribution in [0.4, 0.5) is 10.1 Å². The summed E-state index contributed by atoms with van der Waals surface area (Å²) in [7, 11) is 0. The van der Waals surface area contributed by atoms with E-state index in [-0.39, 0.29) is 5.56 Å². The molecule has 1 aromatic carbocycles. The number of ether oxygens (including phenoxy) is 1. The number of nitriles is 1. The largest absolute Gasteiger partial charge is 0.380 e. The molecule has 1 aliphatic rings. The number of nitrogens with zero attached hydrogens (tertiary/aromatic N) is 2. The third-order valence-electron chi connectivity index (χ3n) is 2.66. The molecule has 0 amide bonds. The van der Waals surface area contributed by atoms with Crippen LogP contribution >= 0.6 is 0 Å². The van der Waals surface area contributed by atoms with E-state index in [4.69, 9.17) is 10.00 Å². The summed E-state index contributed by atoms with van der Waals surface area (Å²) >= 11 is 0. The van der Waals surface area contributed by atoms with Gasteiger partial charge in [0, 0.05) is 25.4 Å². The molecule has 1 fully saturated rings. The smallest absolute Gasteiger partial charge is 0.143 e. The van der Waals surface area contributed by atoms with Crippen molar-refractivity contribution >= 4 is 5.69 Å². The van der Waals surface area contributed by atoms with Crippen LogP contribution in [-0.2, 0) is 4.74 Å². The molecule has 1 aliphatic heterocycles. The normalized spacial score (nSPS) is 16.6. The number of hydrogen-bond donors (Lipinski definition) is 0. The van der Waals surface area contributed by atoms with Crippen molar-refractivity contribution in [1.29, 1.82) is 5.26 Å². The maximum absolute atomic E-state index is 13.4. The van der Waals surface area contributed by atoms with Crippen molar-refractivity contribution in [3.63, 3.8) is 0 Å². The van der Waals surface area contributed by atoms with Crippen molar-refractivity contribution in [3.05, 3.63) is 29.6 Å². The monoisotopic (exact) mass is 220 g/mol. The molecule has 3 nitrogen and oxygen atoms in total. The lowest BCUT2D eigenvalue weighted by Crippen LogP contribution is -2.25. The summed E-state index contributed by atoms with van der Waals surface area (Å²) in [5, 5.41) is 8.64. The Kier molecular flexibility index (Phi) is 3.37. The number of rotatable bonds is 1. The lowest BCUT2D eigenvalue weighted by atomic mass is 10.2. The zero-order valence-corrected chi connectivity index (χ0v) is 8.95. The Balaban J connectivity index is 2.20. The molecule has 0 aromatic heterocycles. The fourth-order valence-electron chi connectivity index (χ4n) is 1.80. The van der Waals surface area contributed by atoms with Gasteiger partial charge in [0.25, 0.3) is 0 Å². The van der Waals surface area contributed by atoms with Crippen LogP contribution in [0.2, 0.25) is 0 Å². The van der Waals surface area contributed by atoms with Gasteiger partial charge >= 0.3 is 0 Å². The maximum Gasteiger partial charge on any atom is 0.143 e. The van der Waals surface area contributed by atoms with Crippen molar-refractivity contribution in [3.8, 4) is 6.07 Å². The molecule has 0 radical (unpaired) electrons. The Morgan fingerprint density at radius 2 is 2.19 bits per heavy atom. The van der Waals surface area contributed by atoms with Gasteiger partial charge in [0.05, 0.1) is 12.2 Å². The minimum Gasteiger partial charge on any atom is -0.380 e. The van der Waals surface area contributed by atoms with Crippen molar-refractivity contribution < 1.29 is 9.13 Å². The molecule has 0 bridgehead atoms. The van der Waals surface area contributed by atoms with E-state index in [1.807, 2.05) is 6.07 Å². The van der Waals surface area contributed by atoms with Crippen LogP contribution in [0.1, 0.15) is 12.0 Å². The van der Waals surface area contributed by atoms with E-state index in [1.165, 1.54) is 12.1 Å². The Labute approximate surface area is 94.0 Å². The van der Waals surface area contributed by atoms with Crippen LogP contribution in [0, 0.1) is 17.1 Å². The lowest BCUT2D eigenvalue weighted by Gasteiger charge is -2.21. The second kappa shape index (κ2) is 4.95. The van der Waals surface area contributed by atoms with Gasteiger partial charge in [0.1, 0.15) is 11.9 Å². The predicted molar refractivity (Wildman–Crippen MR) is 58.8 cm³/mol. The highest BCUT2D eigenvalue weighted by molar-refractivity contribution is 5.50. The van der Waals surface area contributed by atoms with E-state index < -0.39 is 5.82 Å². The van der Waals surface area contributed by atoms with E-state index >= 15 is 0 Å². The summed E-state index contributed by atoms with van der Waals surface area (Å²) in [5.41, 5.74) is 0.914. The molecule has 1 aromatic rings. The van der Waals surface area contributed by atoms with Crippen LogP contribution in [0.15, 0.2) is 18.2 Å². The standard InChI is InChI=1S/C12H13FN2O/c13-12-8-11(3-2-10(12)9-14)15-4-1-6-16-7-5-15/h2-3,8H,1,4-7H2. The summed E-state index contributed by atoms with van der Waals surface area (Å²) in [6, 6.07) is 6.55. The first-order chi connectivity index (χ1) is 7.81. The summed E-state index contributed by atoms with van der Waals surface area (Å²) < 4.78 is 18.8. The molecule has 0 unspecified atom stereocenters. The Bertz CT molecular complexity index is 406. The first-order valence-corrected chi connectivity index (χ1v) is 5.33. The molecule has 1 saturated heterocycles. The third kappa shape index (κ3) is 2.31. The quantitative estimate of drug-likeness (QED) is 0.725. The SMILES string of the molecule is N#Cc1ccc(N2CCCOCC2)cc1F. The number of hydrogen-bond acceptors (Lipinski definition) is 3. The van der Waals surface area contributed by atoms with Crippen LogP contribution in [0.25, 0.3) is 0 Å². The van der Waals surface area contributed by atoms with Gasteiger partial charge < -0.3 is 9.64 Å². The Hall–Kier alpha value is -1.60. The van der Waals surface area contributed by atoms with Gasteiger partial charge in [-0.25, -0.2) is 4.39 Å². The van der Waals surface area contributed by atoms with Gasteiger partial charge in [-0.3, -0.25) is 0 Å². The van der Waals surface area contributed by atoms with Crippen LogP contribution < -0.4 is 4.90 Å². The Morgan fingerprint density at radius 1 is 1.31 bits per heavy atom. The molecule has 0 saturated carbocycles. The molecular weight excluding hydrogens is 207 g/mol. The highest BCUT2D eigenvalue weighted by Gasteiger charge is 2.11. The topological polar surface area (TPSA) is 36.3 Å². The van der Waals surface area contributed by atoms with Crippen LogP contribution in [0.3, 0.4) is 0 Å². The van der Waals surface area contributed by atoms with Crippen molar-refractivity contribution in [2.24, 2.45) is 0 Å². The molecule has 4 heteroatoms. The van der Waals surface area contributed by atoms with E-state index in [1.54, 1.807) is 6.07 Å². The van der Waals surface area contributed by atoms with Crippen molar-refractivity contribution in [2.75, 3.05) is 31.2 Å². The average Bonchev–Trinajstić information content (AvgIpc) is 2.57. The molecule has 0 aliphatic carbocycles. The van der Waals surface area contributed by atoms with E-state index in [2.05, 4.69) is 4.90 Å². The molecule has 2 rings (SSSR count). The van der Waals surface area contributed by atoms with Gasteiger partial charge in [0.2, 0.25) is 0 Å². The summed E-state index contributed by atoms with van der Waals surface area (Å²) in [4.78, 5) is 2.08.